The van der Waals surface area contributed by atoms with E-state index >= 15 is 0 Å². The molecule has 1 aliphatic rings. The highest BCUT2D eigenvalue weighted by Crippen LogP contribution is 2.08. The standard InChI is InChI=1S/C11H20N4/c1-2-12-11-4-7-14(10-11)8-9-15-6-3-5-13-15/h3,5-6,11-12H,2,4,7-10H2,1H3. The summed E-state index contributed by atoms with van der Waals surface area (Å²) in [6.45, 7) is 7.79. The zero-order valence-corrected chi connectivity index (χ0v) is 9.39. The SMILES string of the molecule is CCNC1CCN(CCn2cccn2)C1. The largest absolute Gasteiger partial charge is 0.313 e. The molecule has 1 atom stereocenters. The number of rotatable bonds is 5. The number of likely N-dealkylation sites (tertiary alicyclic amines) is 1. The minimum atomic E-state index is 0.702. The molecule has 0 saturated carbocycles. The van der Waals surface area contributed by atoms with Crippen molar-refractivity contribution in [2.24, 2.45) is 0 Å². The third-order valence-electron chi connectivity index (χ3n) is 2.97. The first-order chi connectivity index (χ1) is 7.38. The molecule has 15 heavy (non-hydrogen) atoms. The predicted octanol–water partition coefficient (Wildman–Crippen LogP) is 0.567. The van der Waals surface area contributed by atoms with Crippen molar-refractivity contribution in [1.29, 1.82) is 0 Å². The van der Waals surface area contributed by atoms with Crippen LogP contribution in [0.5, 0.6) is 0 Å². The molecule has 0 amide bonds. The van der Waals surface area contributed by atoms with Crippen LogP contribution in [0.25, 0.3) is 0 Å². The normalized spacial score (nSPS) is 22.3. The number of hydrogen-bond acceptors (Lipinski definition) is 3. The zero-order valence-electron chi connectivity index (χ0n) is 9.39. The molecule has 0 bridgehead atoms. The summed E-state index contributed by atoms with van der Waals surface area (Å²) < 4.78 is 2.00. The highest BCUT2D eigenvalue weighted by molar-refractivity contribution is 4.82. The summed E-state index contributed by atoms with van der Waals surface area (Å²) in [5, 5.41) is 7.71. The van der Waals surface area contributed by atoms with Crippen LogP contribution in [0.3, 0.4) is 0 Å². The maximum Gasteiger partial charge on any atom is 0.0536 e. The zero-order chi connectivity index (χ0) is 10.5. The van der Waals surface area contributed by atoms with Crippen LogP contribution in [-0.2, 0) is 6.54 Å². The second-order valence-electron chi connectivity index (χ2n) is 4.11. The number of nitrogens with one attached hydrogen (secondary N) is 1. The van der Waals surface area contributed by atoms with E-state index in [1.165, 1.54) is 19.5 Å². The van der Waals surface area contributed by atoms with Crippen LogP contribution in [0.1, 0.15) is 13.3 Å². The Hall–Kier alpha value is -0.870. The van der Waals surface area contributed by atoms with Gasteiger partial charge < -0.3 is 5.32 Å². The molecular formula is C11H20N4. The smallest absolute Gasteiger partial charge is 0.0536 e. The van der Waals surface area contributed by atoms with Crippen LogP contribution in [0.15, 0.2) is 18.5 Å². The first-order valence-electron chi connectivity index (χ1n) is 5.81. The molecule has 2 rings (SSSR count). The molecule has 1 unspecified atom stereocenters. The molecule has 0 spiro atoms. The fraction of sp³-hybridized carbons (Fsp3) is 0.727. The fourth-order valence-corrected chi connectivity index (χ4v) is 2.17. The van der Waals surface area contributed by atoms with E-state index in [2.05, 4.69) is 22.2 Å². The Morgan fingerprint density at radius 3 is 3.13 bits per heavy atom. The summed E-state index contributed by atoms with van der Waals surface area (Å²) in [5.41, 5.74) is 0. The minimum Gasteiger partial charge on any atom is -0.313 e. The third kappa shape index (κ3) is 3.04. The molecule has 4 nitrogen and oxygen atoms in total. The first kappa shape index (κ1) is 10.6. The second-order valence-corrected chi connectivity index (χ2v) is 4.11. The lowest BCUT2D eigenvalue weighted by atomic mass is 10.3. The summed E-state index contributed by atoms with van der Waals surface area (Å²) in [4.78, 5) is 2.51. The van der Waals surface area contributed by atoms with Crippen LogP contribution in [0.4, 0.5) is 0 Å². The lowest BCUT2D eigenvalue weighted by molar-refractivity contribution is 0.307. The van der Waals surface area contributed by atoms with Crippen LogP contribution in [0, 0.1) is 0 Å². The average molecular weight is 208 g/mol. The first-order valence-corrected chi connectivity index (χ1v) is 5.81. The van der Waals surface area contributed by atoms with Gasteiger partial charge in [0.1, 0.15) is 0 Å². The molecule has 1 aliphatic heterocycles. The summed E-state index contributed by atoms with van der Waals surface area (Å²) >= 11 is 0. The Bertz CT molecular complexity index is 270. The number of aromatic nitrogens is 2. The Morgan fingerprint density at radius 1 is 1.47 bits per heavy atom. The van der Waals surface area contributed by atoms with Gasteiger partial charge in [-0.1, -0.05) is 6.92 Å². The predicted molar refractivity (Wildman–Crippen MR) is 60.7 cm³/mol. The van der Waals surface area contributed by atoms with Crippen molar-refractivity contribution in [2.45, 2.75) is 25.9 Å². The average Bonchev–Trinajstić information content (AvgIpc) is 2.85. The van der Waals surface area contributed by atoms with E-state index in [1.54, 1.807) is 0 Å². The Labute approximate surface area is 91.3 Å². The van der Waals surface area contributed by atoms with Gasteiger partial charge in [0.05, 0.1) is 6.54 Å². The Morgan fingerprint density at radius 2 is 2.40 bits per heavy atom. The molecular weight excluding hydrogens is 188 g/mol. The Kier molecular flexibility index (Phi) is 3.75. The highest BCUT2D eigenvalue weighted by atomic mass is 15.3. The summed E-state index contributed by atoms with van der Waals surface area (Å²) in [6, 6.07) is 2.68. The van der Waals surface area contributed by atoms with Crippen molar-refractivity contribution >= 4 is 0 Å². The Balaban J connectivity index is 1.69. The maximum absolute atomic E-state index is 4.21. The van der Waals surface area contributed by atoms with Crippen molar-refractivity contribution in [2.75, 3.05) is 26.2 Å². The lowest BCUT2D eigenvalue weighted by Gasteiger charge is -2.16. The minimum absolute atomic E-state index is 0.702. The van der Waals surface area contributed by atoms with Gasteiger partial charge in [0.25, 0.3) is 0 Å². The van der Waals surface area contributed by atoms with E-state index in [9.17, 15) is 0 Å². The van der Waals surface area contributed by atoms with Gasteiger partial charge in [-0.25, -0.2) is 0 Å². The molecule has 0 aliphatic carbocycles. The van der Waals surface area contributed by atoms with Crippen LogP contribution < -0.4 is 5.32 Å². The molecule has 0 radical (unpaired) electrons. The number of hydrogen-bond donors (Lipinski definition) is 1. The highest BCUT2D eigenvalue weighted by Gasteiger charge is 2.20. The number of likely N-dealkylation sites (N-methyl/N-ethyl adjacent to an activating group) is 1. The van der Waals surface area contributed by atoms with E-state index in [0.29, 0.717) is 6.04 Å². The van der Waals surface area contributed by atoms with E-state index in [1.807, 2.05) is 23.1 Å². The monoisotopic (exact) mass is 208 g/mol. The molecule has 1 saturated heterocycles. The third-order valence-corrected chi connectivity index (χ3v) is 2.97. The molecule has 2 heterocycles. The van der Waals surface area contributed by atoms with Crippen molar-refractivity contribution in [3.63, 3.8) is 0 Å². The quantitative estimate of drug-likeness (QED) is 0.768. The molecule has 1 N–H and O–H groups in total. The van der Waals surface area contributed by atoms with E-state index in [-0.39, 0.29) is 0 Å². The van der Waals surface area contributed by atoms with E-state index in [4.69, 9.17) is 0 Å². The van der Waals surface area contributed by atoms with Gasteiger partial charge in [-0.2, -0.15) is 5.10 Å². The summed E-state index contributed by atoms with van der Waals surface area (Å²) in [6.07, 6.45) is 5.15. The van der Waals surface area contributed by atoms with E-state index in [0.717, 1.165) is 19.6 Å². The molecule has 84 valence electrons. The van der Waals surface area contributed by atoms with E-state index < -0.39 is 0 Å². The summed E-state index contributed by atoms with van der Waals surface area (Å²) in [7, 11) is 0. The summed E-state index contributed by atoms with van der Waals surface area (Å²) in [5.74, 6) is 0. The van der Waals surface area contributed by atoms with Gasteiger partial charge in [-0.15, -0.1) is 0 Å². The van der Waals surface area contributed by atoms with Crippen molar-refractivity contribution in [3.8, 4) is 0 Å². The second kappa shape index (κ2) is 5.28. The van der Waals surface area contributed by atoms with Gasteiger partial charge in [-0.05, 0) is 25.6 Å². The topological polar surface area (TPSA) is 33.1 Å². The number of nitrogens with zero attached hydrogens (tertiary/aromatic N) is 3. The van der Waals surface area contributed by atoms with Crippen molar-refractivity contribution in [1.82, 2.24) is 20.0 Å². The van der Waals surface area contributed by atoms with Crippen LogP contribution in [-0.4, -0.2) is 46.9 Å². The molecule has 1 aromatic rings. The van der Waals surface area contributed by atoms with Gasteiger partial charge in [0.15, 0.2) is 0 Å². The van der Waals surface area contributed by atoms with Crippen LogP contribution in [0.2, 0.25) is 0 Å². The van der Waals surface area contributed by atoms with Crippen LogP contribution >= 0.6 is 0 Å². The maximum atomic E-state index is 4.21. The molecule has 0 aromatic carbocycles. The van der Waals surface area contributed by atoms with Gasteiger partial charge >= 0.3 is 0 Å². The van der Waals surface area contributed by atoms with Crippen molar-refractivity contribution in [3.05, 3.63) is 18.5 Å². The van der Waals surface area contributed by atoms with Gasteiger partial charge in [-0.3, -0.25) is 9.58 Å². The molecule has 1 fully saturated rings. The molecule has 4 heteroatoms. The fourth-order valence-electron chi connectivity index (χ4n) is 2.17. The molecule has 1 aromatic heterocycles. The van der Waals surface area contributed by atoms with Gasteiger partial charge in [0, 0.05) is 31.5 Å². The van der Waals surface area contributed by atoms with Crippen molar-refractivity contribution < 1.29 is 0 Å². The van der Waals surface area contributed by atoms with Gasteiger partial charge in [0.2, 0.25) is 0 Å². The lowest BCUT2D eigenvalue weighted by Crippen LogP contribution is -2.33.